The van der Waals surface area contributed by atoms with Crippen molar-refractivity contribution in [2.45, 2.75) is 12.3 Å². The normalized spacial score (nSPS) is 17.6. The first-order valence-electron chi connectivity index (χ1n) is 5.05. The van der Waals surface area contributed by atoms with E-state index in [0.29, 0.717) is 6.54 Å². The molecule has 1 rings (SSSR count). The summed E-state index contributed by atoms with van der Waals surface area (Å²) in [7, 11) is 1.87. The molecule has 0 aromatic rings. The largest absolute Gasteiger partial charge is 0.389 e. The molecular weight excluding hydrogens is 226 g/mol. The van der Waals surface area contributed by atoms with Crippen molar-refractivity contribution in [3.05, 3.63) is 36.6 Å². The highest BCUT2D eigenvalue weighted by molar-refractivity contribution is 6.22. The van der Waals surface area contributed by atoms with Crippen molar-refractivity contribution in [3.8, 4) is 0 Å². The summed E-state index contributed by atoms with van der Waals surface area (Å²) >= 11 is 5.95. The van der Waals surface area contributed by atoms with Crippen molar-refractivity contribution >= 4 is 11.6 Å². The standard InChI is InChI=1S/C10H18ClN5/c1-4-13-5-9(12-3)6-16-7-10(8(2)11)14-15-16/h4-5,7-8,12-15H,1,6H2,2-3H3/b9-5-. The number of hydrogen-bond acceptors (Lipinski definition) is 5. The van der Waals surface area contributed by atoms with Gasteiger partial charge in [0.1, 0.15) is 0 Å². The van der Waals surface area contributed by atoms with Gasteiger partial charge < -0.3 is 16.1 Å². The van der Waals surface area contributed by atoms with E-state index in [4.69, 9.17) is 11.6 Å². The average molecular weight is 244 g/mol. The van der Waals surface area contributed by atoms with E-state index in [0.717, 1.165) is 11.4 Å². The number of hydrogen-bond donors (Lipinski definition) is 4. The molecule has 6 heteroatoms. The Morgan fingerprint density at radius 3 is 3.00 bits per heavy atom. The van der Waals surface area contributed by atoms with Gasteiger partial charge in [-0.3, -0.25) is 5.01 Å². The van der Waals surface area contributed by atoms with Crippen molar-refractivity contribution in [2.75, 3.05) is 13.6 Å². The smallest absolute Gasteiger partial charge is 0.0767 e. The van der Waals surface area contributed by atoms with Crippen LogP contribution in [0.25, 0.3) is 0 Å². The molecule has 0 aliphatic carbocycles. The lowest BCUT2D eigenvalue weighted by Crippen LogP contribution is -2.39. The van der Waals surface area contributed by atoms with Crippen molar-refractivity contribution in [2.24, 2.45) is 0 Å². The van der Waals surface area contributed by atoms with E-state index in [1.807, 2.05) is 31.4 Å². The van der Waals surface area contributed by atoms with Crippen LogP contribution in [0, 0.1) is 0 Å². The first kappa shape index (κ1) is 12.7. The summed E-state index contributed by atoms with van der Waals surface area (Å²) in [6, 6.07) is 0. The van der Waals surface area contributed by atoms with E-state index in [-0.39, 0.29) is 5.38 Å². The molecular formula is C10H18ClN5. The lowest BCUT2D eigenvalue weighted by atomic mass is 10.3. The maximum absolute atomic E-state index is 5.95. The minimum Gasteiger partial charge on any atom is -0.389 e. The number of nitrogens with zero attached hydrogens (tertiary/aromatic N) is 1. The monoisotopic (exact) mass is 243 g/mol. The van der Waals surface area contributed by atoms with Crippen LogP contribution in [-0.2, 0) is 0 Å². The van der Waals surface area contributed by atoms with Gasteiger partial charge in [-0.05, 0) is 13.1 Å². The molecule has 0 saturated carbocycles. The summed E-state index contributed by atoms with van der Waals surface area (Å²) in [6.45, 7) is 6.19. The lowest BCUT2D eigenvalue weighted by molar-refractivity contribution is 0.287. The third-order valence-corrected chi connectivity index (χ3v) is 2.34. The zero-order chi connectivity index (χ0) is 12.0. The van der Waals surface area contributed by atoms with E-state index in [1.54, 1.807) is 6.20 Å². The van der Waals surface area contributed by atoms with Gasteiger partial charge in [0.15, 0.2) is 0 Å². The predicted octanol–water partition coefficient (Wildman–Crippen LogP) is 0.574. The minimum absolute atomic E-state index is 0.0363. The Balaban J connectivity index is 2.51. The van der Waals surface area contributed by atoms with Crippen molar-refractivity contribution in [3.63, 3.8) is 0 Å². The fourth-order valence-electron chi connectivity index (χ4n) is 1.20. The van der Waals surface area contributed by atoms with Gasteiger partial charge in [-0.1, -0.05) is 6.58 Å². The van der Waals surface area contributed by atoms with Crippen LogP contribution in [0.15, 0.2) is 36.6 Å². The van der Waals surface area contributed by atoms with Gasteiger partial charge in [0.25, 0.3) is 0 Å². The quantitative estimate of drug-likeness (QED) is 0.514. The molecule has 1 atom stereocenters. The molecule has 5 nitrogen and oxygen atoms in total. The number of allylic oxidation sites excluding steroid dienone is 1. The highest BCUT2D eigenvalue weighted by Crippen LogP contribution is 2.10. The van der Waals surface area contributed by atoms with E-state index < -0.39 is 0 Å². The second kappa shape index (κ2) is 6.30. The molecule has 1 unspecified atom stereocenters. The van der Waals surface area contributed by atoms with Crippen molar-refractivity contribution in [1.29, 1.82) is 0 Å². The molecule has 1 aliphatic rings. The average Bonchev–Trinajstić information content (AvgIpc) is 2.72. The highest BCUT2D eigenvalue weighted by Gasteiger charge is 2.15. The lowest BCUT2D eigenvalue weighted by Gasteiger charge is -2.17. The molecule has 4 N–H and O–H groups in total. The molecule has 0 fully saturated rings. The van der Waals surface area contributed by atoms with Gasteiger partial charge in [0.2, 0.25) is 0 Å². The van der Waals surface area contributed by atoms with Gasteiger partial charge in [-0.15, -0.1) is 17.1 Å². The molecule has 90 valence electrons. The van der Waals surface area contributed by atoms with Gasteiger partial charge in [-0.25, -0.2) is 0 Å². The van der Waals surface area contributed by atoms with Crippen LogP contribution in [0.3, 0.4) is 0 Å². The van der Waals surface area contributed by atoms with Crippen LogP contribution in [0.1, 0.15) is 6.92 Å². The molecule has 1 heterocycles. The summed E-state index contributed by atoms with van der Waals surface area (Å²) in [4.78, 5) is 0. The van der Waals surface area contributed by atoms with Gasteiger partial charge in [-0.2, -0.15) is 0 Å². The Labute approximate surface area is 101 Å². The fraction of sp³-hybridized carbons (Fsp3) is 0.400. The maximum atomic E-state index is 5.95. The van der Waals surface area contributed by atoms with E-state index >= 15 is 0 Å². The molecule has 0 radical (unpaired) electrons. The van der Waals surface area contributed by atoms with Gasteiger partial charge in [0, 0.05) is 25.1 Å². The van der Waals surface area contributed by atoms with Crippen LogP contribution < -0.4 is 21.6 Å². The Morgan fingerprint density at radius 1 is 1.75 bits per heavy atom. The summed E-state index contributed by atoms with van der Waals surface area (Å²) in [5, 5.41) is 7.88. The zero-order valence-electron chi connectivity index (χ0n) is 9.55. The van der Waals surface area contributed by atoms with Crippen LogP contribution >= 0.6 is 11.6 Å². The summed E-state index contributed by atoms with van der Waals surface area (Å²) in [6.07, 6.45) is 5.41. The Kier molecular flexibility index (Phi) is 5.01. The number of likely N-dealkylation sites (N-methyl/N-ethyl adjacent to an activating group) is 1. The van der Waals surface area contributed by atoms with Gasteiger partial charge in [0.05, 0.1) is 17.6 Å². The topological polar surface area (TPSA) is 51.4 Å². The SMILES string of the molecule is C=CN/C=C(/CN1C=C(C(C)Cl)NN1)NC. The first-order valence-corrected chi connectivity index (χ1v) is 5.49. The number of hydrazine groups is 2. The molecule has 0 saturated heterocycles. The summed E-state index contributed by atoms with van der Waals surface area (Å²) in [5.41, 5.74) is 7.98. The van der Waals surface area contributed by atoms with E-state index in [1.165, 1.54) is 0 Å². The Morgan fingerprint density at radius 2 is 2.50 bits per heavy atom. The molecule has 16 heavy (non-hydrogen) atoms. The second-order valence-corrected chi connectivity index (χ2v) is 4.01. The van der Waals surface area contributed by atoms with E-state index in [2.05, 4.69) is 28.2 Å². The number of halogens is 1. The molecule has 0 amide bonds. The molecule has 0 bridgehead atoms. The van der Waals surface area contributed by atoms with Crippen molar-refractivity contribution < 1.29 is 0 Å². The molecule has 1 aliphatic heterocycles. The van der Waals surface area contributed by atoms with Gasteiger partial charge >= 0.3 is 0 Å². The van der Waals surface area contributed by atoms with Crippen LogP contribution in [0.4, 0.5) is 0 Å². The number of nitrogens with one attached hydrogen (secondary N) is 4. The van der Waals surface area contributed by atoms with Crippen LogP contribution in [0.2, 0.25) is 0 Å². The third-order valence-electron chi connectivity index (χ3n) is 2.10. The Hall–Kier alpha value is -1.33. The summed E-state index contributed by atoms with van der Waals surface area (Å²) < 4.78 is 0. The van der Waals surface area contributed by atoms with Crippen LogP contribution in [0.5, 0.6) is 0 Å². The predicted molar refractivity (Wildman–Crippen MR) is 66.9 cm³/mol. The van der Waals surface area contributed by atoms with E-state index in [9.17, 15) is 0 Å². The second-order valence-electron chi connectivity index (χ2n) is 3.36. The number of rotatable bonds is 6. The Bertz CT molecular complexity index is 298. The molecule has 0 aromatic carbocycles. The fourth-order valence-corrected chi connectivity index (χ4v) is 1.31. The molecule has 0 spiro atoms. The molecule has 0 aromatic heterocycles. The highest BCUT2D eigenvalue weighted by atomic mass is 35.5. The number of alkyl halides is 1. The third kappa shape index (κ3) is 3.67. The maximum Gasteiger partial charge on any atom is 0.0767 e. The first-order chi connectivity index (χ1) is 7.67. The zero-order valence-corrected chi connectivity index (χ0v) is 10.3. The minimum atomic E-state index is -0.0363. The van der Waals surface area contributed by atoms with Crippen molar-refractivity contribution in [1.82, 2.24) is 26.6 Å². The van der Waals surface area contributed by atoms with Crippen LogP contribution in [-0.4, -0.2) is 24.0 Å². The summed E-state index contributed by atoms with van der Waals surface area (Å²) in [5.74, 6) is 0.